The van der Waals surface area contributed by atoms with Gasteiger partial charge in [-0.05, 0) is 83.5 Å². The van der Waals surface area contributed by atoms with E-state index in [9.17, 15) is 19.8 Å². The van der Waals surface area contributed by atoms with E-state index < -0.39 is 12.1 Å². The molecule has 0 aromatic rings. The number of nitrogens with one attached hydrogen (secondary N) is 1. The Morgan fingerprint density at radius 3 is 1.21 bits per heavy atom. The average molecular weight is 941 g/mol. The van der Waals surface area contributed by atoms with Crippen LogP contribution >= 0.6 is 0 Å². The lowest BCUT2D eigenvalue weighted by Gasteiger charge is -2.20. The summed E-state index contributed by atoms with van der Waals surface area (Å²) in [6.07, 6.45) is 71.3. The van der Waals surface area contributed by atoms with Crippen LogP contribution in [0.4, 0.5) is 0 Å². The van der Waals surface area contributed by atoms with Crippen molar-refractivity contribution in [3.8, 4) is 0 Å². The molecule has 0 aliphatic carbocycles. The Balaban J connectivity index is 3.48. The van der Waals surface area contributed by atoms with Crippen molar-refractivity contribution in [2.24, 2.45) is 0 Å². The lowest BCUT2D eigenvalue weighted by molar-refractivity contribution is -0.143. The number of rotatable bonds is 54. The van der Waals surface area contributed by atoms with Crippen LogP contribution < -0.4 is 5.32 Å². The molecule has 1 amide bonds. The van der Waals surface area contributed by atoms with Gasteiger partial charge in [0.2, 0.25) is 5.91 Å². The van der Waals surface area contributed by atoms with Gasteiger partial charge in [-0.15, -0.1) is 0 Å². The van der Waals surface area contributed by atoms with Crippen molar-refractivity contribution in [1.29, 1.82) is 0 Å². The van der Waals surface area contributed by atoms with Gasteiger partial charge in [0.1, 0.15) is 0 Å². The van der Waals surface area contributed by atoms with Crippen LogP contribution in [0, 0.1) is 0 Å². The first-order valence-electron chi connectivity index (χ1n) is 29.4. The Kier molecular flexibility index (Phi) is 54.6. The second-order valence-electron chi connectivity index (χ2n) is 20.0. The van der Waals surface area contributed by atoms with Gasteiger partial charge in [0.25, 0.3) is 0 Å². The van der Waals surface area contributed by atoms with E-state index >= 15 is 0 Å². The summed E-state index contributed by atoms with van der Waals surface area (Å²) in [4.78, 5) is 24.5. The van der Waals surface area contributed by atoms with Crippen LogP contribution in [0.25, 0.3) is 0 Å². The molecule has 0 fully saturated rings. The van der Waals surface area contributed by atoms with Crippen molar-refractivity contribution in [1.82, 2.24) is 5.32 Å². The molecule has 0 aromatic carbocycles. The molecule has 67 heavy (non-hydrogen) atoms. The zero-order valence-corrected chi connectivity index (χ0v) is 44.6. The molecule has 2 unspecified atom stereocenters. The van der Waals surface area contributed by atoms with Crippen LogP contribution in [0.3, 0.4) is 0 Å². The summed E-state index contributed by atoms with van der Waals surface area (Å²) in [7, 11) is 0. The van der Waals surface area contributed by atoms with Gasteiger partial charge in [-0.2, -0.15) is 0 Å². The number of carbonyl (C=O) groups is 2. The van der Waals surface area contributed by atoms with Crippen molar-refractivity contribution in [3.63, 3.8) is 0 Å². The van der Waals surface area contributed by atoms with Crippen LogP contribution in [0.2, 0.25) is 0 Å². The molecular weight excluding hydrogens is 827 g/mol. The normalized spacial score (nSPS) is 13.0. The first kappa shape index (κ1) is 64.8. The fourth-order valence-corrected chi connectivity index (χ4v) is 8.78. The quantitative estimate of drug-likeness (QED) is 0.0321. The van der Waals surface area contributed by atoms with E-state index in [1.807, 2.05) is 6.08 Å². The number of aliphatic hydroxyl groups is 2. The zero-order chi connectivity index (χ0) is 48.6. The van der Waals surface area contributed by atoms with Gasteiger partial charge in [0.15, 0.2) is 0 Å². The number of aliphatic hydroxyl groups excluding tert-OH is 2. The summed E-state index contributed by atoms with van der Waals surface area (Å²) >= 11 is 0. The molecule has 0 spiro atoms. The fraction of sp³-hybridized carbons (Fsp3) is 0.836. The van der Waals surface area contributed by atoms with Crippen LogP contribution in [0.15, 0.2) is 48.6 Å². The molecule has 0 aromatic heterocycles. The minimum atomic E-state index is -0.851. The first-order valence-corrected chi connectivity index (χ1v) is 29.4. The standard InChI is InChI=1S/C61H113NO5/c1-3-5-7-9-11-13-15-17-18-23-26-30-33-37-41-45-49-53-59(64)58(57-63)62-60(65)54-50-46-42-38-34-31-27-24-21-19-20-22-25-28-32-36-40-44-48-52-56-67-61(66)55-51-47-43-39-35-29-16-14-12-10-8-6-4-2/h8,10,14,16,19,21,49,53,58-59,63-64H,3-7,9,11-13,15,17-18,20,22-48,50-52,54-57H2,1-2H3,(H,62,65)/b10-8-,16-14-,21-19-,53-49+. The third-order valence-corrected chi connectivity index (χ3v) is 13.3. The topological polar surface area (TPSA) is 95.9 Å². The van der Waals surface area contributed by atoms with E-state index in [2.05, 4.69) is 55.6 Å². The smallest absolute Gasteiger partial charge is 0.305 e. The SMILES string of the molecule is CCC/C=C\C/C=C\CCCCCCCC(=O)OCCCCCCCCCCC/C=C\CCCCCCCCCC(=O)NC(CO)C(O)/C=C/CCCCCCCCCCCCCCCCC. The average Bonchev–Trinajstić information content (AvgIpc) is 3.33. The molecule has 0 radical (unpaired) electrons. The molecule has 0 bridgehead atoms. The minimum absolute atomic E-state index is 0.0103. The van der Waals surface area contributed by atoms with Crippen molar-refractivity contribution in [2.75, 3.05) is 13.2 Å². The number of ether oxygens (including phenoxy) is 1. The van der Waals surface area contributed by atoms with E-state index in [-0.39, 0.29) is 18.5 Å². The van der Waals surface area contributed by atoms with E-state index in [1.165, 1.54) is 218 Å². The van der Waals surface area contributed by atoms with Crippen molar-refractivity contribution in [3.05, 3.63) is 48.6 Å². The molecule has 0 heterocycles. The Morgan fingerprint density at radius 2 is 0.776 bits per heavy atom. The largest absolute Gasteiger partial charge is 0.466 e. The van der Waals surface area contributed by atoms with Gasteiger partial charge in [-0.1, -0.05) is 255 Å². The van der Waals surface area contributed by atoms with E-state index in [0.29, 0.717) is 19.4 Å². The molecular formula is C61H113NO5. The van der Waals surface area contributed by atoms with Gasteiger partial charge in [0, 0.05) is 12.8 Å². The number of hydrogen-bond acceptors (Lipinski definition) is 5. The summed E-state index contributed by atoms with van der Waals surface area (Å²) in [5.74, 6) is -0.0865. The highest BCUT2D eigenvalue weighted by Gasteiger charge is 2.18. The third kappa shape index (κ3) is 53.0. The summed E-state index contributed by atoms with van der Waals surface area (Å²) < 4.78 is 5.46. The van der Waals surface area contributed by atoms with Crippen molar-refractivity contribution < 1.29 is 24.5 Å². The van der Waals surface area contributed by atoms with Crippen LogP contribution in [-0.4, -0.2) is 47.4 Å². The molecule has 0 rings (SSSR count). The van der Waals surface area contributed by atoms with Crippen LogP contribution in [0.5, 0.6) is 0 Å². The summed E-state index contributed by atoms with van der Waals surface area (Å²) in [6, 6.07) is -0.635. The zero-order valence-electron chi connectivity index (χ0n) is 44.6. The Hall–Kier alpha value is -2.18. The summed E-state index contributed by atoms with van der Waals surface area (Å²) in [6.45, 7) is 4.83. The number of esters is 1. The lowest BCUT2D eigenvalue weighted by atomic mass is 10.0. The molecule has 0 aliphatic heterocycles. The monoisotopic (exact) mass is 940 g/mol. The second-order valence-corrected chi connectivity index (χ2v) is 20.0. The van der Waals surface area contributed by atoms with Gasteiger partial charge in [0.05, 0.1) is 25.4 Å². The molecule has 0 aliphatic rings. The number of allylic oxidation sites excluding steroid dienone is 7. The van der Waals surface area contributed by atoms with Gasteiger partial charge in [-0.25, -0.2) is 0 Å². The van der Waals surface area contributed by atoms with E-state index in [1.54, 1.807) is 6.08 Å². The lowest BCUT2D eigenvalue weighted by Crippen LogP contribution is -2.45. The number of carbonyl (C=O) groups excluding carboxylic acids is 2. The summed E-state index contributed by atoms with van der Waals surface area (Å²) in [5.41, 5.74) is 0. The van der Waals surface area contributed by atoms with Gasteiger partial charge in [-0.3, -0.25) is 9.59 Å². The predicted octanol–water partition coefficient (Wildman–Crippen LogP) is 18.2. The molecule has 0 saturated heterocycles. The molecule has 3 N–H and O–H groups in total. The molecule has 6 heteroatoms. The number of unbranched alkanes of at least 4 members (excludes halogenated alkanes) is 37. The minimum Gasteiger partial charge on any atom is -0.466 e. The maximum absolute atomic E-state index is 12.5. The highest BCUT2D eigenvalue weighted by atomic mass is 16.5. The Bertz CT molecular complexity index is 1130. The predicted molar refractivity (Wildman–Crippen MR) is 292 cm³/mol. The number of hydrogen-bond donors (Lipinski definition) is 3. The molecule has 392 valence electrons. The first-order chi connectivity index (χ1) is 33.0. The molecule has 2 atom stereocenters. The highest BCUT2D eigenvalue weighted by Crippen LogP contribution is 2.16. The second kappa shape index (κ2) is 56.4. The van der Waals surface area contributed by atoms with Crippen molar-refractivity contribution in [2.45, 2.75) is 315 Å². The van der Waals surface area contributed by atoms with Gasteiger partial charge < -0.3 is 20.3 Å². The number of amides is 1. The third-order valence-electron chi connectivity index (χ3n) is 13.3. The van der Waals surface area contributed by atoms with Crippen LogP contribution in [-0.2, 0) is 14.3 Å². The molecule has 6 nitrogen and oxygen atoms in total. The summed E-state index contributed by atoms with van der Waals surface area (Å²) in [5, 5.41) is 23.1. The maximum atomic E-state index is 12.5. The van der Waals surface area contributed by atoms with Crippen molar-refractivity contribution >= 4 is 11.9 Å². The van der Waals surface area contributed by atoms with Crippen LogP contribution in [0.1, 0.15) is 303 Å². The van der Waals surface area contributed by atoms with Gasteiger partial charge >= 0.3 is 5.97 Å². The van der Waals surface area contributed by atoms with E-state index in [0.717, 1.165) is 57.8 Å². The molecule has 0 saturated carbocycles. The fourth-order valence-electron chi connectivity index (χ4n) is 8.78. The maximum Gasteiger partial charge on any atom is 0.305 e. The Morgan fingerprint density at radius 1 is 0.418 bits per heavy atom. The van der Waals surface area contributed by atoms with E-state index in [4.69, 9.17) is 4.74 Å². The highest BCUT2D eigenvalue weighted by molar-refractivity contribution is 5.76. The Labute approximate surface area is 416 Å².